The molecule has 168 valence electrons. The summed E-state index contributed by atoms with van der Waals surface area (Å²) < 4.78 is 10.5. The van der Waals surface area contributed by atoms with Crippen LogP contribution in [-0.2, 0) is 9.53 Å². The normalized spacial score (nSPS) is 17.8. The SMILES string of the molecule is CCC[CH2][Sn]([CH2]CCC)([CH2]CCC)[CH2][C@H](C)C(=O)N1C(=O)OC[C@@H]1c1ccccc1. The van der Waals surface area contributed by atoms with E-state index >= 15 is 0 Å². The van der Waals surface area contributed by atoms with E-state index in [0.717, 1.165) is 10.0 Å². The van der Waals surface area contributed by atoms with Crippen LogP contribution in [-0.4, -0.2) is 41.9 Å². The van der Waals surface area contributed by atoms with Gasteiger partial charge < -0.3 is 0 Å². The van der Waals surface area contributed by atoms with Crippen LogP contribution in [0.5, 0.6) is 0 Å². The first-order valence-corrected chi connectivity index (χ1v) is 20.1. The number of hydrogen-bond donors (Lipinski definition) is 0. The van der Waals surface area contributed by atoms with E-state index in [4.69, 9.17) is 4.74 Å². The van der Waals surface area contributed by atoms with Gasteiger partial charge in [-0.25, -0.2) is 0 Å². The van der Waals surface area contributed by atoms with E-state index in [9.17, 15) is 9.59 Å². The molecule has 1 aliphatic heterocycles. The van der Waals surface area contributed by atoms with Crippen LogP contribution in [0, 0.1) is 5.92 Å². The van der Waals surface area contributed by atoms with Gasteiger partial charge in [-0.05, 0) is 0 Å². The zero-order chi connectivity index (χ0) is 22.0. The van der Waals surface area contributed by atoms with Gasteiger partial charge in [0.25, 0.3) is 0 Å². The molecule has 2 amide bonds. The number of ether oxygens (including phenoxy) is 1. The molecule has 0 N–H and O–H groups in total. The first kappa shape index (κ1) is 25.2. The molecular weight excluding hydrogens is 481 g/mol. The molecule has 4 nitrogen and oxygen atoms in total. The van der Waals surface area contributed by atoms with E-state index in [1.165, 1.54) is 56.7 Å². The summed E-state index contributed by atoms with van der Waals surface area (Å²) in [7, 11) is 0. The van der Waals surface area contributed by atoms with Crippen LogP contribution in [0.1, 0.15) is 77.8 Å². The van der Waals surface area contributed by atoms with Crippen molar-refractivity contribution in [2.45, 2.75) is 90.0 Å². The van der Waals surface area contributed by atoms with Crippen molar-refractivity contribution >= 4 is 30.4 Å². The first-order chi connectivity index (χ1) is 14.5. The molecule has 1 aromatic rings. The molecule has 0 radical (unpaired) electrons. The Balaban J connectivity index is 2.20. The van der Waals surface area contributed by atoms with Crippen molar-refractivity contribution in [2.75, 3.05) is 6.61 Å². The van der Waals surface area contributed by atoms with Crippen LogP contribution in [0.2, 0.25) is 17.7 Å². The van der Waals surface area contributed by atoms with Gasteiger partial charge in [-0.15, -0.1) is 0 Å². The Morgan fingerprint density at radius 1 is 1.03 bits per heavy atom. The number of carbonyl (C=O) groups is 2. The molecule has 0 spiro atoms. The van der Waals surface area contributed by atoms with E-state index in [1.54, 1.807) is 0 Å². The van der Waals surface area contributed by atoms with Crippen LogP contribution < -0.4 is 0 Å². The van der Waals surface area contributed by atoms with Crippen LogP contribution >= 0.6 is 0 Å². The van der Waals surface area contributed by atoms with Crippen LogP contribution in [0.25, 0.3) is 0 Å². The molecule has 1 fully saturated rings. The summed E-state index contributed by atoms with van der Waals surface area (Å²) in [6.45, 7) is 9.14. The second-order valence-electron chi connectivity index (χ2n) is 9.13. The number of hydrogen-bond acceptors (Lipinski definition) is 3. The van der Waals surface area contributed by atoms with Crippen LogP contribution in [0.4, 0.5) is 4.79 Å². The third kappa shape index (κ3) is 6.73. The summed E-state index contributed by atoms with van der Waals surface area (Å²) in [5, 5.41) is 0. The van der Waals surface area contributed by atoms with Crippen molar-refractivity contribution in [3.8, 4) is 0 Å². The average Bonchev–Trinajstić information content (AvgIpc) is 3.16. The standard InChI is InChI=1S/C13H14NO3.3C4H9.Sn/c1-9(2)12(15)14-11(8-17-13(14)16)10-6-4-3-5-7-10;3*1-3-4-2;/h3-7,9,11H,1,8H2,2H3;3*1,3-4H2,2H3;/t9-,11-;;;;/m1..../s1. The first-order valence-electron chi connectivity index (χ1n) is 12.0. The Morgan fingerprint density at radius 3 is 2.07 bits per heavy atom. The Morgan fingerprint density at radius 2 is 1.57 bits per heavy atom. The minimum absolute atomic E-state index is 0.0306. The molecule has 1 saturated heterocycles. The van der Waals surface area contributed by atoms with Crippen molar-refractivity contribution in [3.63, 3.8) is 0 Å². The Labute approximate surface area is 187 Å². The van der Waals surface area contributed by atoms with Crippen molar-refractivity contribution in [1.29, 1.82) is 0 Å². The molecular formula is C25H41NO3Sn. The third-order valence-corrected chi connectivity index (χ3v) is 23.0. The van der Waals surface area contributed by atoms with Crippen molar-refractivity contribution < 1.29 is 14.3 Å². The number of imide groups is 1. The van der Waals surface area contributed by atoms with Gasteiger partial charge in [0, 0.05) is 0 Å². The summed E-state index contributed by atoms with van der Waals surface area (Å²) in [5.41, 5.74) is 0.974. The molecule has 5 heteroatoms. The van der Waals surface area contributed by atoms with Gasteiger partial charge in [0.1, 0.15) is 0 Å². The molecule has 2 atom stereocenters. The predicted octanol–water partition coefficient (Wildman–Crippen LogP) is 7.19. The number of cyclic esters (lactones) is 1. The van der Waals surface area contributed by atoms with Gasteiger partial charge in [0.2, 0.25) is 0 Å². The van der Waals surface area contributed by atoms with Crippen LogP contribution in [0.15, 0.2) is 30.3 Å². The molecule has 30 heavy (non-hydrogen) atoms. The number of amides is 2. The van der Waals surface area contributed by atoms with Gasteiger partial charge in [-0.1, -0.05) is 0 Å². The maximum atomic E-state index is 13.5. The van der Waals surface area contributed by atoms with Gasteiger partial charge in [0.05, 0.1) is 0 Å². The molecule has 0 saturated carbocycles. The van der Waals surface area contributed by atoms with E-state index < -0.39 is 24.5 Å². The average molecular weight is 522 g/mol. The van der Waals surface area contributed by atoms with E-state index in [1.807, 2.05) is 30.3 Å². The minimum atomic E-state index is -2.46. The summed E-state index contributed by atoms with van der Waals surface area (Å²) in [5.74, 6) is -0.125. The fourth-order valence-electron chi connectivity index (χ4n) is 4.90. The zero-order valence-electron chi connectivity index (χ0n) is 19.5. The molecule has 1 aromatic carbocycles. The predicted molar refractivity (Wildman–Crippen MR) is 126 cm³/mol. The van der Waals surface area contributed by atoms with Gasteiger partial charge in [0.15, 0.2) is 0 Å². The summed E-state index contributed by atoms with van der Waals surface area (Å²) >= 11 is -2.46. The van der Waals surface area contributed by atoms with E-state index in [-0.39, 0.29) is 24.5 Å². The summed E-state index contributed by atoms with van der Waals surface area (Å²) in [4.78, 5) is 27.4. The second-order valence-corrected chi connectivity index (χ2v) is 23.1. The molecule has 0 bridgehead atoms. The quantitative estimate of drug-likeness (QED) is 0.258. The van der Waals surface area contributed by atoms with E-state index in [2.05, 4.69) is 27.7 Å². The number of benzene rings is 1. The molecule has 1 heterocycles. The monoisotopic (exact) mass is 523 g/mol. The zero-order valence-corrected chi connectivity index (χ0v) is 22.3. The summed E-state index contributed by atoms with van der Waals surface area (Å²) in [6.07, 6.45) is 7.10. The Bertz CT molecular complexity index is 642. The van der Waals surface area contributed by atoms with Gasteiger partial charge in [-0.2, -0.15) is 0 Å². The third-order valence-electron chi connectivity index (χ3n) is 6.64. The molecule has 1 aliphatic rings. The Kier molecular flexibility index (Phi) is 10.7. The van der Waals surface area contributed by atoms with Crippen molar-refractivity contribution in [3.05, 3.63) is 35.9 Å². The number of unbranched alkanes of at least 4 members (excludes halogenated alkanes) is 3. The second kappa shape index (κ2) is 12.7. The number of carbonyl (C=O) groups excluding carboxylic acids is 2. The van der Waals surface area contributed by atoms with Crippen molar-refractivity contribution in [1.82, 2.24) is 4.90 Å². The Hall–Kier alpha value is -1.04. The molecule has 2 rings (SSSR count). The molecule has 0 aromatic heterocycles. The summed E-state index contributed by atoms with van der Waals surface area (Å²) in [6, 6.07) is 9.52. The fourth-order valence-corrected chi connectivity index (χ4v) is 22.4. The maximum absolute atomic E-state index is 13.5. The molecule has 0 aliphatic carbocycles. The van der Waals surface area contributed by atoms with E-state index in [0.29, 0.717) is 0 Å². The molecule has 0 unspecified atom stereocenters. The number of nitrogens with zero attached hydrogens (tertiary/aromatic N) is 1. The van der Waals surface area contributed by atoms with Gasteiger partial charge in [-0.3, -0.25) is 0 Å². The topological polar surface area (TPSA) is 46.6 Å². The van der Waals surface area contributed by atoms with Gasteiger partial charge >= 0.3 is 188 Å². The van der Waals surface area contributed by atoms with Crippen molar-refractivity contribution in [2.24, 2.45) is 5.92 Å². The van der Waals surface area contributed by atoms with Crippen LogP contribution in [0.3, 0.4) is 0 Å². The fraction of sp³-hybridized carbons (Fsp3) is 0.680. The number of rotatable bonds is 13.